The van der Waals surface area contributed by atoms with Gasteiger partial charge in [0.15, 0.2) is 0 Å². The molecule has 8 heteroatoms. The van der Waals surface area contributed by atoms with E-state index in [2.05, 4.69) is 5.32 Å². The highest BCUT2D eigenvalue weighted by molar-refractivity contribution is 7.89. The van der Waals surface area contributed by atoms with E-state index in [4.69, 9.17) is 14.6 Å². The SMILES string of the molecule is COc1ccc(OC)c(C(=O)Nc2ccc(S(N)(=O)=O)cc2)c1. The average molecular weight is 336 g/mol. The van der Waals surface area contributed by atoms with Gasteiger partial charge in [0.2, 0.25) is 10.0 Å². The highest BCUT2D eigenvalue weighted by atomic mass is 32.2. The van der Waals surface area contributed by atoms with Crippen molar-refractivity contribution in [2.24, 2.45) is 5.14 Å². The minimum Gasteiger partial charge on any atom is -0.497 e. The summed E-state index contributed by atoms with van der Waals surface area (Å²) < 4.78 is 32.7. The van der Waals surface area contributed by atoms with Crippen LogP contribution < -0.4 is 19.9 Å². The second kappa shape index (κ2) is 6.67. The van der Waals surface area contributed by atoms with E-state index in [1.807, 2.05) is 0 Å². The zero-order valence-electron chi connectivity index (χ0n) is 12.6. The molecular formula is C15H16N2O5S. The van der Waals surface area contributed by atoms with Gasteiger partial charge in [0.25, 0.3) is 5.91 Å². The quantitative estimate of drug-likeness (QED) is 0.862. The summed E-state index contributed by atoms with van der Waals surface area (Å²) in [4.78, 5) is 12.3. The van der Waals surface area contributed by atoms with Crippen LogP contribution in [0.5, 0.6) is 11.5 Å². The van der Waals surface area contributed by atoms with Crippen LogP contribution in [0.25, 0.3) is 0 Å². The maximum absolute atomic E-state index is 12.4. The van der Waals surface area contributed by atoms with E-state index in [1.165, 1.54) is 38.5 Å². The second-order valence-electron chi connectivity index (χ2n) is 4.59. The van der Waals surface area contributed by atoms with E-state index >= 15 is 0 Å². The Bertz CT molecular complexity index is 816. The maximum atomic E-state index is 12.4. The minimum absolute atomic E-state index is 0.0329. The molecule has 7 nitrogen and oxygen atoms in total. The molecule has 0 aliphatic rings. The van der Waals surface area contributed by atoms with Gasteiger partial charge in [0.1, 0.15) is 11.5 Å². The molecule has 0 saturated heterocycles. The summed E-state index contributed by atoms with van der Waals surface area (Å²) in [5.74, 6) is 0.495. The predicted octanol–water partition coefficient (Wildman–Crippen LogP) is 1.60. The molecule has 0 spiro atoms. The Morgan fingerprint density at radius 2 is 1.70 bits per heavy atom. The average Bonchev–Trinajstić information content (AvgIpc) is 2.53. The molecule has 2 rings (SSSR count). The number of sulfonamides is 1. The first-order valence-corrected chi connectivity index (χ1v) is 8.06. The molecule has 1 amide bonds. The van der Waals surface area contributed by atoms with Crippen LogP contribution in [-0.4, -0.2) is 28.5 Å². The van der Waals surface area contributed by atoms with Crippen molar-refractivity contribution in [3.8, 4) is 11.5 Å². The predicted molar refractivity (Wildman–Crippen MR) is 85.3 cm³/mol. The lowest BCUT2D eigenvalue weighted by Crippen LogP contribution is -2.14. The van der Waals surface area contributed by atoms with Crippen molar-refractivity contribution in [2.75, 3.05) is 19.5 Å². The number of nitrogens with one attached hydrogen (secondary N) is 1. The van der Waals surface area contributed by atoms with Gasteiger partial charge in [-0.25, -0.2) is 13.6 Å². The van der Waals surface area contributed by atoms with E-state index < -0.39 is 15.9 Å². The molecule has 23 heavy (non-hydrogen) atoms. The fourth-order valence-electron chi connectivity index (χ4n) is 1.92. The van der Waals surface area contributed by atoms with Crippen LogP contribution in [-0.2, 0) is 10.0 Å². The van der Waals surface area contributed by atoms with E-state index in [1.54, 1.807) is 18.2 Å². The molecule has 0 aromatic heterocycles. The number of carbonyl (C=O) groups is 1. The monoisotopic (exact) mass is 336 g/mol. The molecule has 122 valence electrons. The van der Waals surface area contributed by atoms with Crippen molar-refractivity contribution in [3.63, 3.8) is 0 Å². The second-order valence-corrected chi connectivity index (χ2v) is 6.15. The molecule has 0 fully saturated rings. The highest BCUT2D eigenvalue weighted by Crippen LogP contribution is 2.25. The van der Waals surface area contributed by atoms with Gasteiger partial charge in [-0.1, -0.05) is 0 Å². The number of benzene rings is 2. The summed E-state index contributed by atoms with van der Waals surface area (Å²) in [6, 6.07) is 10.4. The Hall–Kier alpha value is -2.58. The van der Waals surface area contributed by atoms with Gasteiger partial charge in [-0.05, 0) is 42.5 Å². The van der Waals surface area contributed by atoms with Gasteiger partial charge in [0.05, 0.1) is 24.7 Å². The van der Waals surface area contributed by atoms with E-state index in [0.29, 0.717) is 22.7 Å². The molecule has 3 N–H and O–H groups in total. The Morgan fingerprint density at radius 1 is 1.04 bits per heavy atom. The molecule has 0 atom stereocenters. The molecule has 0 aliphatic heterocycles. The number of rotatable bonds is 5. The first-order valence-electron chi connectivity index (χ1n) is 6.51. The Morgan fingerprint density at radius 3 is 2.22 bits per heavy atom. The fraction of sp³-hybridized carbons (Fsp3) is 0.133. The Kier molecular flexibility index (Phi) is 4.87. The zero-order valence-corrected chi connectivity index (χ0v) is 13.4. The molecule has 0 radical (unpaired) electrons. The van der Waals surface area contributed by atoms with Crippen LogP contribution in [0.2, 0.25) is 0 Å². The van der Waals surface area contributed by atoms with Gasteiger partial charge in [-0.3, -0.25) is 4.79 Å². The van der Waals surface area contributed by atoms with Crippen molar-refractivity contribution in [3.05, 3.63) is 48.0 Å². The summed E-state index contributed by atoms with van der Waals surface area (Å²) in [5, 5.41) is 7.68. The van der Waals surface area contributed by atoms with Crippen molar-refractivity contribution >= 4 is 21.6 Å². The van der Waals surface area contributed by atoms with Gasteiger partial charge < -0.3 is 14.8 Å². The number of nitrogens with two attached hydrogens (primary N) is 1. The van der Waals surface area contributed by atoms with Crippen LogP contribution >= 0.6 is 0 Å². The van der Waals surface area contributed by atoms with Crippen LogP contribution in [0.15, 0.2) is 47.4 Å². The number of hydrogen-bond acceptors (Lipinski definition) is 5. The van der Waals surface area contributed by atoms with Crippen molar-refractivity contribution < 1.29 is 22.7 Å². The third-order valence-electron chi connectivity index (χ3n) is 3.09. The van der Waals surface area contributed by atoms with Crippen LogP contribution in [0.3, 0.4) is 0 Å². The molecule has 0 saturated carbocycles. The molecule has 0 unspecified atom stereocenters. The summed E-state index contributed by atoms with van der Waals surface area (Å²) in [6.07, 6.45) is 0. The van der Waals surface area contributed by atoms with E-state index in [0.717, 1.165) is 0 Å². The lowest BCUT2D eigenvalue weighted by atomic mass is 10.1. The minimum atomic E-state index is -3.77. The lowest BCUT2D eigenvalue weighted by Gasteiger charge is -2.11. The fourth-order valence-corrected chi connectivity index (χ4v) is 2.43. The molecule has 0 bridgehead atoms. The standard InChI is InChI=1S/C15H16N2O5S/c1-21-11-5-8-14(22-2)13(9-11)15(18)17-10-3-6-12(7-4-10)23(16,19)20/h3-9H,1-2H3,(H,17,18)(H2,16,19,20). The smallest absolute Gasteiger partial charge is 0.259 e. The molecule has 2 aromatic carbocycles. The zero-order chi connectivity index (χ0) is 17.0. The molecule has 2 aromatic rings. The summed E-state index contributed by atoms with van der Waals surface area (Å²) in [5.41, 5.74) is 0.717. The first-order chi connectivity index (χ1) is 10.8. The first kappa shape index (κ1) is 16.8. The third-order valence-corrected chi connectivity index (χ3v) is 4.02. The van der Waals surface area contributed by atoms with Gasteiger partial charge in [-0.15, -0.1) is 0 Å². The van der Waals surface area contributed by atoms with Crippen LogP contribution in [0.4, 0.5) is 5.69 Å². The van der Waals surface area contributed by atoms with Crippen LogP contribution in [0.1, 0.15) is 10.4 Å². The normalized spacial score (nSPS) is 10.9. The van der Waals surface area contributed by atoms with Crippen molar-refractivity contribution in [1.82, 2.24) is 0 Å². The highest BCUT2D eigenvalue weighted by Gasteiger charge is 2.14. The number of amides is 1. The summed E-state index contributed by atoms with van der Waals surface area (Å²) >= 11 is 0. The number of anilines is 1. The number of primary sulfonamides is 1. The number of methoxy groups -OCH3 is 2. The molecule has 0 heterocycles. The van der Waals surface area contributed by atoms with E-state index in [-0.39, 0.29) is 4.90 Å². The topological polar surface area (TPSA) is 108 Å². The number of ether oxygens (including phenoxy) is 2. The van der Waals surface area contributed by atoms with Gasteiger partial charge in [0, 0.05) is 5.69 Å². The molecular weight excluding hydrogens is 320 g/mol. The molecule has 0 aliphatic carbocycles. The largest absolute Gasteiger partial charge is 0.497 e. The van der Waals surface area contributed by atoms with Gasteiger partial charge in [-0.2, -0.15) is 0 Å². The maximum Gasteiger partial charge on any atom is 0.259 e. The summed E-state index contributed by atoms with van der Waals surface area (Å²) in [6.45, 7) is 0. The lowest BCUT2D eigenvalue weighted by molar-refractivity contribution is 0.102. The number of hydrogen-bond donors (Lipinski definition) is 2. The van der Waals surface area contributed by atoms with Crippen LogP contribution in [0, 0.1) is 0 Å². The summed E-state index contributed by atoms with van der Waals surface area (Å²) in [7, 11) is -0.816. The Balaban J connectivity index is 2.25. The Labute approximate surface area is 134 Å². The van der Waals surface area contributed by atoms with Gasteiger partial charge >= 0.3 is 0 Å². The van der Waals surface area contributed by atoms with Crippen molar-refractivity contribution in [2.45, 2.75) is 4.90 Å². The number of carbonyl (C=O) groups excluding carboxylic acids is 1. The third kappa shape index (κ3) is 3.99. The van der Waals surface area contributed by atoms with Crippen molar-refractivity contribution in [1.29, 1.82) is 0 Å². The van der Waals surface area contributed by atoms with E-state index in [9.17, 15) is 13.2 Å².